The van der Waals surface area contributed by atoms with Gasteiger partial charge in [-0.25, -0.2) is 17.9 Å². The number of ether oxygens (including phenoxy) is 1. The Morgan fingerprint density at radius 2 is 2.00 bits per heavy atom. The van der Waals surface area contributed by atoms with E-state index in [0.29, 0.717) is 13.1 Å². The molecule has 0 unspecified atom stereocenters. The van der Waals surface area contributed by atoms with Crippen molar-refractivity contribution in [3.8, 4) is 0 Å². The third-order valence-corrected chi connectivity index (χ3v) is 5.61. The lowest BCUT2D eigenvalue weighted by atomic mass is 9.99. The molecule has 0 radical (unpaired) electrons. The molecule has 0 spiro atoms. The SMILES string of the molecule is CCOC(=O)CNC(=O)N1CCC[C@H](CNS(=O)(=O)Cc2ccccc2)C1. The Hall–Kier alpha value is -2.13. The van der Waals surface area contributed by atoms with Gasteiger partial charge in [-0.3, -0.25) is 4.79 Å². The number of rotatable bonds is 8. The topological polar surface area (TPSA) is 105 Å². The fourth-order valence-electron chi connectivity index (χ4n) is 2.98. The molecule has 1 atom stereocenters. The summed E-state index contributed by atoms with van der Waals surface area (Å²) in [6.45, 7) is 3.12. The number of hydrogen-bond donors (Lipinski definition) is 2. The minimum atomic E-state index is -3.43. The fourth-order valence-corrected chi connectivity index (χ4v) is 4.20. The highest BCUT2D eigenvalue weighted by Crippen LogP contribution is 2.16. The van der Waals surface area contributed by atoms with Crippen molar-refractivity contribution < 1.29 is 22.7 Å². The molecular formula is C18H27N3O5S. The maximum atomic E-state index is 12.2. The molecule has 150 valence electrons. The highest BCUT2D eigenvalue weighted by Gasteiger charge is 2.25. The van der Waals surface area contributed by atoms with Crippen molar-refractivity contribution in [2.24, 2.45) is 5.92 Å². The smallest absolute Gasteiger partial charge is 0.325 e. The summed E-state index contributed by atoms with van der Waals surface area (Å²) < 4.78 is 31.9. The molecular weight excluding hydrogens is 370 g/mol. The van der Waals surface area contributed by atoms with Gasteiger partial charge in [-0.15, -0.1) is 0 Å². The highest BCUT2D eigenvalue weighted by molar-refractivity contribution is 7.88. The van der Waals surface area contributed by atoms with E-state index in [4.69, 9.17) is 4.74 Å². The first-order valence-electron chi connectivity index (χ1n) is 9.09. The van der Waals surface area contributed by atoms with Gasteiger partial charge >= 0.3 is 12.0 Å². The van der Waals surface area contributed by atoms with Gasteiger partial charge in [0.1, 0.15) is 6.54 Å². The Balaban J connectivity index is 1.78. The van der Waals surface area contributed by atoms with Gasteiger partial charge in [0.25, 0.3) is 0 Å². The summed E-state index contributed by atoms with van der Waals surface area (Å²) in [5, 5.41) is 2.54. The zero-order chi connectivity index (χ0) is 19.7. The molecule has 1 fully saturated rings. The van der Waals surface area contributed by atoms with E-state index in [9.17, 15) is 18.0 Å². The van der Waals surface area contributed by atoms with E-state index in [1.807, 2.05) is 6.07 Å². The molecule has 2 N–H and O–H groups in total. The summed E-state index contributed by atoms with van der Waals surface area (Å²) in [4.78, 5) is 25.1. The number of nitrogens with zero attached hydrogens (tertiary/aromatic N) is 1. The van der Waals surface area contributed by atoms with Crippen LogP contribution in [0.15, 0.2) is 30.3 Å². The van der Waals surface area contributed by atoms with Crippen molar-refractivity contribution >= 4 is 22.0 Å². The van der Waals surface area contributed by atoms with Crippen molar-refractivity contribution in [2.75, 3.05) is 32.8 Å². The first kappa shape index (κ1) is 21.2. The van der Waals surface area contributed by atoms with E-state index in [-0.39, 0.29) is 37.4 Å². The highest BCUT2D eigenvalue weighted by atomic mass is 32.2. The maximum Gasteiger partial charge on any atom is 0.325 e. The molecule has 1 aromatic rings. The summed E-state index contributed by atoms with van der Waals surface area (Å²) in [6.07, 6.45) is 1.63. The van der Waals surface area contributed by atoms with Gasteiger partial charge in [0.05, 0.1) is 12.4 Å². The Morgan fingerprint density at radius 1 is 1.26 bits per heavy atom. The van der Waals surface area contributed by atoms with Crippen LogP contribution in [0.1, 0.15) is 25.3 Å². The number of benzene rings is 1. The monoisotopic (exact) mass is 397 g/mol. The quantitative estimate of drug-likeness (QED) is 0.639. The molecule has 1 heterocycles. The number of sulfonamides is 1. The molecule has 2 amide bonds. The van der Waals surface area contributed by atoms with E-state index >= 15 is 0 Å². The minimum Gasteiger partial charge on any atom is -0.465 e. The molecule has 8 nitrogen and oxygen atoms in total. The van der Waals surface area contributed by atoms with Gasteiger partial charge in [-0.05, 0) is 31.2 Å². The molecule has 1 aromatic carbocycles. The predicted octanol–water partition coefficient (Wildman–Crippen LogP) is 1.09. The largest absolute Gasteiger partial charge is 0.465 e. The van der Waals surface area contributed by atoms with E-state index in [1.165, 1.54) is 0 Å². The number of hydrogen-bond acceptors (Lipinski definition) is 5. The van der Waals surface area contributed by atoms with E-state index in [2.05, 4.69) is 10.0 Å². The zero-order valence-electron chi connectivity index (χ0n) is 15.5. The number of piperidine rings is 1. The second kappa shape index (κ2) is 10.3. The summed E-state index contributed by atoms with van der Waals surface area (Å²) in [5.74, 6) is -0.504. The number of carbonyl (C=O) groups is 2. The van der Waals surface area contributed by atoms with Crippen LogP contribution >= 0.6 is 0 Å². The molecule has 27 heavy (non-hydrogen) atoms. The van der Waals surface area contributed by atoms with Crippen molar-refractivity contribution in [2.45, 2.75) is 25.5 Å². The zero-order valence-corrected chi connectivity index (χ0v) is 16.3. The molecule has 2 rings (SSSR count). The van der Waals surface area contributed by atoms with Gasteiger partial charge in [-0.2, -0.15) is 0 Å². The van der Waals surface area contributed by atoms with Crippen LogP contribution in [-0.4, -0.2) is 58.1 Å². The summed E-state index contributed by atoms with van der Waals surface area (Å²) >= 11 is 0. The number of nitrogens with one attached hydrogen (secondary N) is 2. The Kier molecular flexibility index (Phi) is 8.05. The predicted molar refractivity (Wildman–Crippen MR) is 101 cm³/mol. The standard InChI is InChI=1S/C18H27N3O5S/c1-2-26-17(22)12-19-18(23)21-10-6-9-16(13-21)11-20-27(24,25)14-15-7-4-3-5-8-15/h3-5,7-8,16,20H,2,6,9-14H2,1H3,(H,19,23)/t16-/m1/s1. The second-order valence-corrected chi connectivity index (χ2v) is 8.32. The maximum absolute atomic E-state index is 12.2. The molecule has 1 aliphatic rings. The number of likely N-dealkylation sites (tertiary alicyclic amines) is 1. The van der Waals surface area contributed by atoms with E-state index in [1.54, 1.807) is 36.1 Å². The minimum absolute atomic E-state index is 0.0395. The molecule has 1 aliphatic heterocycles. The van der Waals surface area contributed by atoms with Crippen molar-refractivity contribution in [1.29, 1.82) is 0 Å². The Morgan fingerprint density at radius 3 is 2.70 bits per heavy atom. The average molecular weight is 397 g/mol. The number of carbonyl (C=O) groups excluding carboxylic acids is 2. The first-order valence-corrected chi connectivity index (χ1v) is 10.7. The lowest BCUT2D eigenvalue weighted by Gasteiger charge is -2.32. The normalized spacial score (nSPS) is 17.4. The van der Waals surface area contributed by atoms with E-state index < -0.39 is 16.0 Å². The van der Waals surface area contributed by atoms with Crippen molar-refractivity contribution in [1.82, 2.24) is 14.9 Å². The number of esters is 1. The third kappa shape index (κ3) is 7.56. The van der Waals surface area contributed by atoms with Crippen LogP contribution in [-0.2, 0) is 25.3 Å². The Labute approximate surface area is 160 Å². The number of urea groups is 1. The van der Waals surface area contributed by atoms with Crippen LogP contribution in [0.3, 0.4) is 0 Å². The molecule has 1 saturated heterocycles. The second-order valence-electron chi connectivity index (χ2n) is 6.51. The van der Waals surface area contributed by atoms with E-state index in [0.717, 1.165) is 18.4 Å². The average Bonchev–Trinajstić information content (AvgIpc) is 2.65. The van der Waals surface area contributed by atoms with Crippen LogP contribution in [0.25, 0.3) is 0 Å². The summed E-state index contributed by atoms with van der Waals surface area (Å²) in [7, 11) is -3.43. The fraction of sp³-hybridized carbons (Fsp3) is 0.556. The lowest BCUT2D eigenvalue weighted by Crippen LogP contribution is -2.48. The number of amides is 2. The van der Waals surface area contributed by atoms with Gasteiger partial charge in [0.2, 0.25) is 10.0 Å². The van der Waals surface area contributed by atoms with Crippen LogP contribution < -0.4 is 10.0 Å². The molecule has 0 aromatic heterocycles. The molecule has 0 saturated carbocycles. The summed E-state index contributed by atoms with van der Waals surface area (Å²) in [5.41, 5.74) is 0.730. The third-order valence-electron chi connectivity index (χ3n) is 4.29. The van der Waals surface area contributed by atoms with Crippen LogP contribution in [0, 0.1) is 5.92 Å². The van der Waals surface area contributed by atoms with Crippen molar-refractivity contribution in [3.63, 3.8) is 0 Å². The van der Waals surface area contributed by atoms with Gasteiger partial charge in [-0.1, -0.05) is 30.3 Å². The van der Waals surface area contributed by atoms with Gasteiger partial charge in [0, 0.05) is 19.6 Å². The molecule has 0 bridgehead atoms. The Bertz CT molecular complexity index is 724. The van der Waals surface area contributed by atoms with Crippen LogP contribution in [0.4, 0.5) is 4.79 Å². The van der Waals surface area contributed by atoms with Crippen molar-refractivity contribution in [3.05, 3.63) is 35.9 Å². The lowest BCUT2D eigenvalue weighted by molar-refractivity contribution is -0.141. The van der Waals surface area contributed by atoms with Crippen LogP contribution in [0.2, 0.25) is 0 Å². The first-order chi connectivity index (χ1) is 12.9. The molecule has 0 aliphatic carbocycles. The molecule has 9 heteroatoms. The summed E-state index contributed by atoms with van der Waals surface area (Å²) in [6, 6.07) is 8.66. The van der Waals surface area contributed by atoms with Gasteiger partial charge < -0.3 is 15.0 Å². The van der Waals surface area contributed by atoms with Gasteiger partial charge in [0.15, 0.2) is 0 Å². The van der Waals surface area contributed by atoms with Crippen LogP contribution in [0.5, 0.6) is 0 Å².